The van der Waals surface area contributed by atoms with E-state index in [-0.39, 0.29) is 11.9 Å². The van der Waals surface area contributed by atoms with Crippen molar-refractivity contribution in [1.29, 1.82) is 0 Å². The molecule has 0 saturated carbocycles. The third-order valence-corrected chi connectivity index (χ3v) is 5.19. The van der Waals surface area contributed by atoms with Crippen molar-refractivity contribution in [2.24, 2.45) is 0 Å². The van der Waals surface area contributed by atoms with Crippen molar-refractivity contribution >= 4 is 27.6 Å². The minimum Gasteiger partial charge on any atom is -0.361 e. The van der Waals surface area contributed by atoms with Crippen molar-refractivity contribution in [2.45, 2.75) is 32.2 Å². The number of amides is 1. The average Bonchev–Trinajstić information content (AvgIpc) is 3.11. The molecular formula is C24H24N2O. The van der Waals surface area contributed by atoms with E-state index in [1.807, 2.05) is 18.2 Å². The van der Waals surface area contributed by atoms with Gasteiger partial charge in [0, 0.05) is 23.5 Å². The van der Waals surface area contributed by atoms with Crippen molar-refractivity contribution in [3.63, 3.8) is 0 Å². The van der Waals surface area contributed by atoms with E-state index >= 15 is 0 Å². The third kappa shape index (κ3) is 3.72. The van der Waals surface area contributed by atoms with Crippen LogP contribution in [0.15, 0.2) is 72.9 Å². The van der Waals surface area contributed by atoms with Crippen LogP contribution in [-0.4, -0.2) is 10.9 Å². The molecule has 3 nitrogen and oxygen atoms in total. The number of fused-ring (bicyclic) bond motifs is 2. The fourth-order valence-electron chi connectivity index (χ4n) is 3.80. The summed E-state index contributed by atoms with van der Waals surface area (Å²) in [5, 5.41) is 6.82. The number of aromatic nitrogens is 1. The van der Waals surface area contributed by atoms with Gasteiger partial charge in [0.2, 0.25) is 5.91 Å². The lowest BCUT2D eigenvalue weighted by Crippen LogP contribution is -2.26. The summed E-state index contributed by atoms with van der Waals surface area (Å²) in [4.78, 5) is 15.7. The van der Waals surface area contributed by atoms with E-state index < -0.39 is 0 Å². The largest absolute Gasteiger partial charge is 0.361 e. The predicted molar refractivity (Wildman–Crippen MR) is 112 cm³/mol. The Hall–Kier alpha value is -3.07. The van der Waals surface area contributed by atoms with Crippen LogP contribution in [0.25, 0.3) is 21.7 Å². The Morgan fingerprint density at radius 2 is 1.70 bits per heavy atom. The Kier molecular flexibility index (Phi) is 4.93. The van der Waals surface area contributed by atoms with E-state index in [0.717, 1.165) is 23.9 Å². The molecule has 1 heterocycles. The first-order chi connectivity index (χ1) is 13.2. The smallest absolute Gasteiger partial charge is 0.220 e. The minimum atomic E-state index is -0.00307. The van der Waals surface area contributed by atoms with Gasteiger partial charge in [-0.1, -0.05) is 60.7 Å². The molecule has 0 spiro atoms. The van der Waals surface area contributed by atoms with Crippen LogP contribution in [0.5, 0.6) is 0 Å². The van der Waals surface area contributed by atoms with Crippen molar-refractivity contribution in [3.8, 4) is 0 Å². The Morgan fingerprint density at radius 1 is 0.963 bits per heavy atom. The molecule has 1 aromatic heterocycles. The summed E-state index contributed by atoms with van der Waals surface area (Å²) < 4.78 is 0. The highest BCUT2D eigenvalue weighted by Crippen LogP contribution is 2.24. The van der Waals surface area contributed by atoms with Crippen LogP contribution >= 0.6 is 0 Å². The molecule has 4 rings (SSSR count). The molecule has 0 saturated heterocycles. The van der Waals surface area contributed by atoms with E-state index in [2.05, 4.69) is 72.0 Å². The zero-order valence-corrected chi connectivity index (χ0v) is 15.5. The molecule has 4 aromatic rings. The monoisotopic (exact) mass is 356 g/mol. The van der Waals surface area contributed by atoms with Gasteiger partial charge >= 0.3 is 0 Å². The summed E-state index contributed by atoms with van der Waals surface area (Å²) in [6, 6.07) is 22.9. The van der Waals surface area contributed by atoms with Gasteiger partial charge in [0.25, 0.3) is 0 Å². The van der Waals surface area contributed by atoms with Crippen LogP contribution in [0.2, 0.25) is 0 Å². The molecule has 1 atom stereocenters. The molecule has 3 heteroatoms. The number of carbonyl (C=O) groups excluding carboxylic acids is 1. The van der Waals surface area contributed by atoms with Crippen LogP contribution in [-0.2, 0) is 11.2 Å². The Bertz CT molecular complexity index is 1070. The SMILES string of the molecule is CC(NC(=O)CCCc1c[nH]c2ccccc12)c1cccc2ccccc12. The van der Waals surface area contributed by atoms with Crippen molar-refractivity contribution in [2.75, 3.05) is 0 Å². The van der Waals surface area contributed by atoms with Crippen molar-refractivity contribution in [3.05, 3.63) is 84.1 Å². The maximum atomic E-state index is 12.4. The highest BCUT2D eigenvalue weighted by Gasteiger charge is 2.12. The molecule has 0 bridgehead atoms. The maximum Gasteiger partial charge on any atom is 0.220 e. The van der Waals surface area contributed by atoms with Gasteiger partial charge in [-0.2, -0.15) is 0 Å². The molecule has 0 fully saturated rings. The van der Waals surface area contributed by atoms with E-state index in [9.17, 15) is 4.79 Å². The van der Waals surface area contributed by atoms with Gasteiger partial charge in [-0.3, -0.25) is 4.79 Å². The standard InChI is InChI=1S/C24H24N2O/c1-17(20-13-6-9-18-8-2-3-11-21(18)20)26-24(27)15-7-10-19-16-25-23-14-5-4-12-22(19)23/h2-6,8-9,11-14,16-17,25H,7,10,15H2,1H3,(H,26,27). The molecule has 2 N–H and O–H groups in total. The quantitative estimate of drug-likeness (QED) is 0.469. The second-order valence-corrected chi connectivity index (χ2v) is 7.07. The van der Waals surface area contributed by atoms with Crippen LogP contribution in [0.1, 0.15) is 36.9 Å². The molecule has 0 aliphatic carbocycles. The van der Waals surface area contributed by atoms with E-state index in [1.54, 1.807) is 0 Å². The zero-order chi connectivity index (χ0) is 18.6. The number of para-hydroxylation sites is 1. The lowest BCUT2D eigenvalue weighted by atomic mass is 9.99. The van der Waals surface area contributed by atoms with E-state index in [0.29, 0.717) is 6.42 Å². The molecule has 0 aliphatic rings. The van der Waals surface area contributed by atoms with Crippen LogP contribution in [0.4, 0.5) is 0 Å². The number of hydrogen-bond acceptors (Lipinski definition) is 1. The number of aryl methyl sites for hydroxylation is 1. The third-order valence-electron chi connectivity index (χ3n) is 5.19. The number of hydrogen-bond donors (Lipinski definition) is 2. The predicted octanol–water partition coefficient (Wildman–Crippen LogP) is 5.52. The van der Waals surface area contributed by atoms with Gasteiger partial charge in [-0.05, 0) is 47.7 Å². The number of rotatable bonds is 6. The molecule has 1 amide bonds. The Balaban J connectivity index is 1.36. The average molecular weight is 356 g/mol. The van der Waals surface area contributed by atoms with Gasteiger partial charge in [-0.15, -0.1) is 0 Å². The first kappa shape index (κ1) is 17.3. The molecule has 136 valence electrons. The second kappa shape index (κ2) is 7.67. The van der Waals surface area contributed by atoms with E-state index in [1.165, 1.54) is 21.7 Å². The van der Waals surface area contributed by atoms with Crippen LogP contribution < -0.4 is 5.32 Å². The molecular weight excluding hydrogens is 332 g/mol. The van der Waals surface area contributed by atoms with Crippen molar-refractivity contribution in [1.82, 2.24) is 10.3 Å². The first-order valence-electron chi connectivity index (χ1n) is 9.54. The van der Waals surface area contributed by atoms with Gasteiger partial charge in [0.15, 0.2) is 0 Å². The summed E-state index contributed by atoms with van der Waals surface area (Å²) >= 11 is 0. The number of nitrogens with one attached hydrogen (secondary N) is 2. The topological polar surface area (TPSA) is 44.9 Å². The normalized spacial score (nSPS) is 12.3. The first-order valence-corrected chi connectivity index (χ1v) is 9.54. The van der Waals surface area contributed by atoms with Crippen LogP contribution in [0, 0.1) is 0 Å². The summed E-state index contributed by atoms with van der Waals surface area (Å²) in [7, 11) is 0. The van der Waals surface area contributed by atoms with Gasteiger partial charge in [0.1, 0.15) is 0 Å². The Morgan fingerprint density at radius 3 is 2.59 bits per heavy atom. The lowest BCUT2D eigenvalue weighted by molar-refractivity contribution is -0.121. The summed E-state index contributed by atoms with van der Waals surface area (Å²) in [5.74, 6) is 0.107. The summed E-state index contributed by atoms with van der Waals surface area (Å²) in [5.41, 5.74) is 3.60. The fraction of sp³-hybridized carbons (Fsp3) is 0.208. The molecule has 3 aromatic carbocycles. The Labute approximate surface area is 159 Å². The fourth-order valence-corrected chi connectivity index (χ4v) is 3.80. The van der Waals surface area contributed by atoms with Gasteiger partial charge in [-0.25, -0.2) is 0 Å². The number of carbonyl (C=O) groups is 1. The zero-order valence-electron chi connectivity index (χ0n) is 15.5. The number of H-pyrrole nitrogens is 1. The van der Waals surface area contributed by atoms with E-state index in [4.69, 9.17) is 0 Å². The molecule has 0 radical (unpaired) electrons. The number of benzene rings is 3. The second-order valence-electron chi connectivity index (χ2n) is 7.07. The van der Waals surface area contributed by atoms with Crippen molar-refractivity contribution < 1.29 is 4.79 Å². The molecule has 1 unspecified atom stereocenters. The number of aromatic amines is 1. The lowest BCUT2D eigenvalue weighted by Gasteiger charge is -2.16. The highest BCUT2D eigenvalue weighted by atomic mass is 16.1. The maximum absolute atomic E-state index is 12.4. The van der Waals surface area contributed by atoms with Gasteiger partial charge < -0.3 is 10.3 Å². The van der Waals surface area contributed by atoms with Gasteiger partial charge in [0.05, 0.1) is 6.04 Å². The van der Waals surface area contributed by atoms with Crippen LogP contribution in [0.3, 0.4) is 0 Å². The summed E-state index contributed by atoms with van der Waals surface area (Å²) in [6.45, 7) is 2.05. The molecule has 0 aliphatic heterocycles. The highest BCUT2D eigenvalue weighted by molar-refractivity contribution is 5.87. The minimum absolute atomic E-state index is 0.00307. The summed E-state index contributed by atoms with van der Waals surface area (Å²) in [6.07, 6.45) is 4.34. The molecule has 27 heavy (non-hydrogen) atoms.